The summed E-state index contributed by atoms with van der Waals surface area (Å²) >= 11 is 0. The average Bonchev–Trinajstić information content (AvgIpc) is 3.03. The highest BCUT2D eigenvalue weighted by Crippen LogP contribution is 2.29. The maximum Gasteiger partial charge on any atom is 0.252 e. The lowest BCUT2D eigenvalue weighted by molar-refractivity contribution is 0.0486. The molecule has 0 fully saturated rings. The van der Waals surface area contributed by atoms with E-state index >= 15 is 0 Å². The number of carbonyl (C=O) groups is 2. The molecule has 2 N–H and O–H groups in total. The lowest BCUT2D eigenvalue weighted by Gasteiger charge is -2.13. The zero-order valence-electron chi connectivity index (χ0n) is 23.3. The highest BCUT2D eigenvalue weighted by Gasteiger charge is 2.15. The van der Waals surface area contributed by atoms with Crippen LogP contribution in [0.15, 0.2) is 109 Å². The monoisotopic (exact) mass is 556 g/mol. The molecule has 0 aliphatic carbocycles. The molecule has 0 radical (unpaired) electrons. The second kappa shape index (κ2) is 12.8. The predicted octanol–water partition coefficient (Wildman–Crippen LogP) is 6.49. The molecule has 0 bridgehead atoms. The Balaban J connectivity index is 0.939. The second-order valence-electron chi connectivity index (χ2n) is 10.1. The van der Waals surface area contributed by atoms with Crippen LogP contribution in [-0.4, -0.2) is 51.3 Å². The van der Waals surface area contributed by atoms with Crippen molar-refractivity contribution in [2.75, 3.05) is 39.5 Å². The molecule has 0 spiro atoms. The second-order valence-corrected chi connectivity index (χ2v) is 10.1. The Morgan fingerprint density at radius 3 is 1.10 bits per heavy atom. The van der Waals surface area contributed by atoms with Crippen molar-refractivity contribution in [1.82, 2.24) is 10.6 Å². The van der Waals surface area contributed by atoms with E-state index in [-0.39, 0.29) is 11.8 Å². The Morgan fingerprint density at radius 2 is 0.762 bits per heavy atom. The van der Waals surface area contributed by atoms with Crippen molar-refractivity contribution in [3.8, 4) is 0 Å². The maximum atomic E-state index is 13.2. The molecule has 0 aliphatic rings. The van der Waals surface area contributed by atoms with Crippen molar-refractivity contribution in [2.24, 2.45) is 0 Å². The van der Waals surface area contributed by atoms with Crippen LogP contribution in [0.3, 0.4) is 0 Å². The van der Waals surface area contributed by atoms with Crippen LogP contribution in [0, 0.1) is 0 Å². The van der Waals surface area contributed by atoms with E-state index < -0.39 is 0 Å². The smallest absolute Gasteiger partial charge is 0.252 e. The fourth-order valence-corrected chi connectivity index (χ4v) is 5.49. The van der Waals surface area contributed by atoms with Crippen molar-refractivity contribution in [3.63, 3.8) is 0 Å². The third kappa shape index (κ3) is 5.81. The number of fused-ring (bicyclic) bond motifs is 4. The number of hydrogen-bond donors (Lipinski definition) is 2. The summed E-state index contributed by atoms with van der Waals surface area (Å²) in [6, 6.07) is 36.0. The number of carbonyl (C=O) groups excluding carboxylic acids is 2. The minimum atomic E-state index is -0.113. The summed E-state index contributed by atoms with van der Waals surface area (Å²) in [7, 11) is 0. The van der Waals surface area contributed by atoms with Crippen LogP contribution in [-0.2, 0) is 9.47 Å². The molecule has 2 amide bonds. The topological polar surface area (TPSA) is 76.7 Å². The van der Waals surface area contributed by atoms with Gasteiger partial charge in [0, 0.05) is 13.1 Å². The number of rotatable bonds is 11. The predicted molar refractivity (Wildman–Crippen MR) is 169 cm³/mol. The summed E-state index contributed by atoms with van der Waals surface area (Å²) in [4.78, 5) is 26.3. The van der Waals surface area contributed by atoms with Gasteiger partial charge in [-0.25, -0.2) is 0 Å². The zero-order valence-corrected chi connectivity index (χ0v) is 23.3. The fourth-order valence-electron chi connectivity index (χ4n) is 5.49. The molecule has 0 aliphatic heterocycles. The molecule has 6 aromatic carbocycles. The van der Waals surface area contributed by atoms with Crippen molar-refractivity contribution in [2.45, 2.75) is 0 Å². The summed E-state index contributed by atoms with van der Waals surface area (Å²) in [5.41, 5.74) is 1.37. The Kier molecular flexibility index (Phi) is 8.36. The molecule has 0 unspecified atom stereocenters. The van der Waals surface area contributed by atoms with Gasteiger partial charge in [0.1, 0.15) is 0 Å². The largest absolute Gasteiger partial charge is 0.377 e. The molecule has 6 nitrogen and oxygen atoms in total. The first kappa shape index (κ1) is 27.4. The van der Waals surface area contributed by atoms with E-state index in [2.05, 4.69) is 22.8 Å². The van der Waals surface area contributed by atoms with E-state index in [1.54, 1.807) is 0 Å². The van der Waals surface area contributed by atoms with Gasteiger partial charge in [-0.1, -0.05) is 97.1 Å². The quantitative estimate of drug-likeness (QED) is 0.141. The minimum absolute atomic E-state index is 0.113. The van der Waals surface area contributed by atoms with E-state index in [0.29, 0.717) is 50.6 Å². The standard InChI is InChI=1S/C36H32N2O4/c39-35(33-29-13-5-1-9-25(29)23-26-10-2-6-14-30(26)33)37-17-19-41-21-22-42-20-18-38-36(40)34-31-15-7-3-11-27(31)24-28-12-4-8-16-32(28)34/h1-16,23-24H,17-22H2,(H,37,39)(H,38,40). The first-order valence-electron chi connectivity index (χ1n) is 14.2. The van der Waals surface area contributed by atoms with Crippen LogP contribution >= 0.6 is 0 Å². The number of ether oxygens (including phenoxy) is 2. The molecule has 6 heteroatoms. The normalized spacial score (nSPS) is 11.3. The first-order valence-corrected chi connectivity index (χ1v) is 14.2. The van der Waals surface area contributed by atoms with Gasteiger partial charge >= 0.3 is 0 Å². The molecule has 6 aromatic rings. The fraction of sp³-hybridized carbons (Fsp3) is 0.167. The molecule has 210 valence electrons. The van der Waals surface area contributed by atoms with Crippen LogP contribution in [0.4, 0.5) is 0 Å². The first-order chi connectivity index (χ1) is 20.7. The highest BCUT2D eigenvalue weighted by atomic mass is 16.5. The van der Waals surface area contributed by atoms with E-state index in [9.17, 15) is 9.59 Å². The van der Waals surface area contributed by atoms with Crippen molar-refractivity contribution in [3.05, 3.63) is 120 Å². The summed E-state index contributed by atoms with van der Waals surface area (Å²) in [6.07, 6.45) is 0. The SMILES string of the molecule is O=C(NCCOCCOCCNC(=O)c1c2ccccc2cc2ccccc12)c1c2ccccc2cc2ccccc12. The maximum absolute atomic E-state index is 13.2. The molecule has 0 heterocycles. The number of benzene rings is 6. The zero-order chi connectivity index (χ0) is 28.7. The van der Waals surface area contributed by atoms with Gasteiger partial charge in [-0.15, -0.1) is 0 Å². The summed E-state index contributed by atoms with van der Waals surface area (Å²) in [5, 5.41) is 13.9. The minimum Gasteiger partial charge on any atom is -0.377 e. The van der Waals surface area contributed by atoms with E-state index in [1.165, 1.54) is 0 Å². The molecule has 0 aromatic heterocycles. The van der Waals surface area contributed by atoms with Crippen molar-refractivity contribution in [1.29, 1.82) is 0 Å². The van der Waals surface area contributed by atoms with Gasteiger partial charge < -0.3 is 20.1 Å². The molecule has 6 rings (SSSR count). The summed E-state index contributed by atoms with van der Waals surface area (Å²) in [6.45, 7) is 2.34. The number of amides is 2. The molecule has 0 saturated carbocycles. The molecular formula is C36H32N2O4. The molecule has 42 heavy (non-hydrogen) atoms. The van der Waals surface area contributed by atoms with Gasteiger partial charge in [-0.3, -0.25) is 9.59 Å². The van der Waals surface area contributed by atoms with Crippen LogP contribution in [0.25, 0.3) is 43.1 Å². The Labute approximate surface area is 244 Å². The van der Waals surface area contributed by atoms with Gasteiger partial charge in [0.25, 0.3) is 11.8 Å². The van der Waals surface area contributed by atoms with Gasteiger partial charge in [0.05, 0.1) is 37.6 Å². The number of nitrogens with one attached hydrogen (secondary N) is 2. The van der Waals surface area contributed by atoms with Gasteiger partial charge in [-0.05, 0) is 55.2 Å². The molecular weight excluding hydrogens is 524 g/mol. The van der Waals surface area contributed by atoms with Gasteiger partial charge in [0.15, 0.2) is 0 Å². The average molecular weight is 557 g/mol. The molecule has 0 atom stereocenters. The van der Waals surface area contributed by atoms with E-state index in [1.807, 2.05) is 97.1 Å². The van der Waals surface area contributed by atoms with Crippen LogP contribution in [0.2, 0.25) is 0 Å². The number of hydrogen-bond acceptors (Lipinski definition) is 4. The third-order valence-electron chi connectivity index (χ3n) is 7.43. The van der Waals surface area contributed by atoms with Crippen molar-refractivity contribution < 1.29 is 19.1 Å². The summed E-state index contributed by atoms with van der Waals surface area (Å²) in [5.74, 6) is -0.227. The van der Waals surface area contributed by atoms with Crippen LogP contribution < -0.4 is 10.6 Å². The summed E-state index contributed by atoms with van der Waals surface area (Å²) < 4.78 is 11.3. The Morgan fingerprint density at radius 1 is 0.452 bits per heavy atom. The van der Waals surface area contributed by atoms with E-state index in [0.717, 1.165) is 43.1 Å². The molecule has 0 saturated heterocycles. The lowest BCUT2D eigenvalue weighted by Crippen LogP contribution is -2.29. The third-order valence-corrected chi connectivity index (χ3v) is 7.43. The van der Waals surface area contributed by atoms with Gasteiger partial charge in [-0.2, -0.15) is 0 Å². The van der Waals surface area contributed by atoms with Gasteiger partial charge in [0.2, 0.25) is 0 Å². The Hall–Kier alpha value is -4.78. The van der Waals surface area contributed by atoms with E-state index in [4.69, 9.17) is 9.47 Å². The van der Waals surface area contributed by atoms with Crippen molar-refractivity contribution >= 4 is 54.9 Å². The Bertz CT molecular complexity index is 1650. The highest BCUT2D eigenvalue weighted by molar-refractivity contribution is 6.19. The lowest BCUT2D eigenvalue weighted by atomic mass is 9.96. The van der Waals surface area contributed by atoms with Crippen LogP contribution in [0.5, 0.6) is 0 Å². The van der Waals surface area contributed by atoms with Crippen LogP contribution in [0.1, 0.15) is 20.7 Å².